The lowest BCUT2D eigenvalue weighted by Gasteiger charge is -2.09. The smallest absolute Gasteiger partial charge is 0.331 e. The first kappa shape index (κ1) is 24.4. The maximum atomic E-state index is 12.3. The van der Waals surface area contributed by atoms with Gasteiger partial charge in [-0.1, -0.05) is 11.6 Å². The van der Waals surface area contributed by atoms with Gasteiger partial charge in [-0.3, -0.25) is 9.59 Å². The number of aromatic nitrogens is 2. The molecule has 10 nitrogen and oxygen atoms in total. The molecule has 3 N–H and O–H groups in total. The molecule has 1 aliphatic carbocycles. The first-order valence-corrected chi connectivity index (χ1v) is 13.6. The monoisotopic (exact) mass is 526 g/mol. The fraction of sp³-hybridized carbons (Fsp3) is 0.429. The van der Waals surface area contributed by atoms with Crippen LogP contribution in [0.5, 0.6) is 0 Å². The Morgan fingerprint density at radius 2 is 2.12 bits per heavy atom. The number of nitrogens with two attached hydrogens (primary N) is 1. The predicted molar refractivity (Wildman–Crippen MR) is 128 cm³/mol. The number of thiophene rings is 1. The van der Waals surface area contributed by atoms with Crippen molar-refractivity contribution >= 4 is 61.6 Å². The number of ether oxygens (including phenoxy) is 1. The zero-order valence-corrected chi connectivity index (χ0v) is 20.7. The summed E-state index contributed by atoms with van der Waals surface area (Å²) >= 11 is 7.69. The van der Waals surface area contributed by atoms with Gasteiger partial charge >= 0.3 is 5.97 Å². The van der Waals surface area contributed by atoms with E-state index in [0.717, 1.165) is 35.8 Å². The van der Waals surface area contributed by atoms with Crippen LogP contribution in [-0.2, 0) is 37.0 Å². The SMILES string of the molecule is Cc1nn([C@@H]2CCS(=O)(=O)C2)c(Cl)c1/C=C/C(=O)OCC(=O)Nc1sc2c(c1C(N)=O)CCC2. The minimum atomic E-state index is -3.11. The molecule has 2 aromatic rings. The molecule has 3 heterocycles. The predicted octanol–water partition coefficient (Wildman–Crippen LogP) is 2.05. The van der Waals surface area contributed by atoms with Crippen LogP contribution in [0.1, 0.15) is 50.9 Å². The van der Waals surface area contributed by atoms with Crippen LogP contribution >= 0.6 is 22.9 Å². The highest BCUT2D eigenvalue weighted by Gasteiger charge is 2.32. The van der Waals surface area contributed by atoms with Gasteiger partial charge in [-0.2, -0.15) is 5.10 Å². The summed E-state index contributed by atoms with van der Waals surface area (Å²) in [6.45, 7) is 1.15. The number of fused-ring (bicyclic) bond motifs is 1. The Hall–Kier alpha value is -2.70. The highest BCUT2D eigenvalue weighted by molar-refractivity contribution is 7.91. The highest BCUT2D eigenvalue weighted by Crippen LogP contribution is 2.38. The molecule has 0 bridgehead atoms. The molecule has 0 aromatic carbocycles. The van der Waals surface area contributed by atoms with Gasteiger partial charge in [0.25, 0.3) is 11.8 Å². The topological polar surface area (TPSA) is 150 Å². The lowest BCUT2D eigenvalue weighted by atomic mass is 10.1. The van der Waals surface area contributed by atoms with E-state index in [2.05, 4.69) is 10.4 Å². The van der Waals surface area contributed by atoms with Crippen molar-refractivity contribution in [3.63, 3.8) is 0 Å². The summed E-state index contributed by atoms with van der Waals surface area (Å²) < 4.78 is 30.0. The molecule has 34 heavy (non-hydrogen) atoms. The van der Waals surface area contributed by atoms with E-state index in [1.54, 1.807) is 6.92 Å². The van der Waals surface area contributed by atoms with E-state index in [4.69, 9.17) is 22.1 Å². The Balaban J connectivity index is 1.35. The van der Waals surface area contributed by atoms with Crippen molar-refractivity contribution < 1.29 is 27.5 Å². The molecule has 1 saturated heterocycles. The molecular formula is C21H23ClN4O6S2. The number of rotatable bonds is 7. The van der Waals surface area contributed by atoms with E-state index in [1.807, 2.05) is 0 Å². The van der Waals surface area contributed by atoms with Crippen molar-refractivity contribution in [3.05, 3.63) is 38.5 Å². The average Bonchev–Trinajstić information content (AvgIpc) is 3.48. The Bertz CT molecular complexity index is 1310. The van der Waals surface area contributed by atoms with Gasteiger partial charge in [0.1, 0.15) is 10.2 Å². The molecule has 0 saturated carbocycles. The van der Waals surface area contributed by atoms with Gasteiger partial charge in [-0.05, 0) is 44.2 Å². The third-order valence-corrected chi connectivity index (χ3v) is 9.11. The third kappa shape index (κ3) is 5.03. The molecule has 0 unspecified atom stereocenters. The molecule has 2 aliphatic rings. The Morgan fingerprint density at radius 3 is 2.79 bits per heavy atom. The van der Waals surface area contributed by atoms with Crippen molar-refractivity contribution in [2.45, 2.75) is 38.6 Å². The van der Waals surface area contributed by atoms with Crippen molar-refractivity contribution in [1.82, 2.24) is 9.78 Å². The molecule has 0 radical (unpaired) electrons. The molecule has 0 spiro atoms. The second-order valence-electron chi connectivity index (χ2n) is 8.21. The van der Waals surface area contributed by atoms with Gasteiger partial charge < -0.3 is 15.8 Å². The Kier molecular flexibility index (Phi) is 6.83. The number of halogens is 1. The van der Waals surface area contributed by atoms with E-state index in [0.29, 0.717) is 28.2 Å². The van der Waals surface area contributed by atoms with Gasteiger partial charge in [0.2, 0.25) is 0 Å². The van der Waals surface area contributed by atoms with Crippen LogP contribution in [0.25, 0.3) is 6.08 Å². The Morgan fingerprint density at radius 1 is 1.35 bits per heavy atom. The second kappa shape index (κ2) is 9.51. The molecule has 4 rings (SSSR count). The first-order valence-electron chi connectivity index (χ1n) is 10.6. The normalized spacial score (nSPS) is 18.8. The number of aryl methyl sites for hydroxylation is 2. The van der Waals surface area contributed by atoms with E-state index >= 15 is 0 Å². The minimum Gasteiger partial charge on any atom is -0.452 e. The van der Waals surface area contributed by atoms with Crippen LogP contribution in [-0.4, -0.2) is 54.1 Å². The quantitative estimate of drug-likeness (QED) is 0.414. The number of hydrogen-bond acceptors (Lipinski definition) is 8. The summed E-state index contributed by atoms with van der Waals surface area (Å²) in [5, 5.41) is 7.52. The minimum absolute atomic E-state index is 0.0289. The Labute approximate surface area is 205 Å². The van der Waals surface area contributed by atoms with E-state index in [1.165, 1.54) is 22.1 Å². The summed E-state index contributed by atoms with van der Waals surface area (Å²) in [5.74, 6) is -1.91. The second-order valence-corrected chi connectivity index (χ2v) is 11.9. The van der Waals surface area contributed by atoms with Crippen LogP contribution in [0.15, 0.2) is 6.08 Å². The summed E-state index contributed by atoms with van der Waals surface area (Å²) in [4.78, 5) is 37.2. The number of hydrogen-bond donors (Lipinski definition) is 2. The molecule has 2 amide bonds. The van der Waals surface area contributed by atoms with Gasteiger partial charge in [0, 0.05) is 16.5 Å². The van der Waals surface area contributed by atoms with Gasteiger partial charge in [0.05, 0.1) is 28.8 Å². The summed E-state index contributed by atoms with van der Waals surface area (Å²) in [5.41, 5.74) is 7.68. The highest BCUT2D eigenvalue weighted by atomic mass is 35.5. The van der Waals surface area contributed by atoms with Crippen molar-refractivity contribution in [3.8, 4) is 0 Å². The third-order valence-electron chi connectivity index (χ3n) is 5.78. The number of carbonyl (C=O) groups is 3. The number of nitrogens with one attached hydrogen (secondary N) is 1. The van der Waals surface area contributed by atoms with Crippen molar-refractivity contribution in [1.29, 1.82) is 0 Å². The number of nitrogens with zero attached hydrogens (tertiary/aromatic N) is 2. The standard InChI is InChI=1S/C21H23ClN4O6S2/c1-11-13(19(22)26(25-11)12-7-8-34(30,31)10-12)5-6-17(28)32-9-16(27)24-21-18(20(23)29)14-3-2-4-15(14)33-21/h5-6,12H,2-4,7-10H2,1H3,(H2,23,29)(H,24,27)/b6-5+/t12-/m1/s1. The zero-order chi connectivity index (χ0) is 24.6. The maximum absolute atomic E-state index is 12.3. The lowest BCUT2D eigenvalue weighted by molar-refractivity contribution is -0.142. The molecule has 2 aromatic heterocycles. The number of sulfone groups is 1. The molecule has 1 atom stereocenters. The largest absolute Gasteiger partial charge is 0.452 e. The number of amides is 2. The van der Waals surface area contributed by atoms with Crippen LogP contribution in [0.4, 0.5) is 5.00 Å². The van der Waals surface area contributed by atoms with Crippen molar-refractivity contribution in [2.75, 3.05) is 23.4 Å². The molecule has 13 heteroatoms. The molecular weight excluding hydrogens is 504 g/mol. The number of anilines is 1. The number of primary amides is 1. The van der Waals surface area contributed by atoms with E-state index in [-0.39, 0.29) is 22.7 Å². The molecule has 182 valence electrons. The van der Waals surface area contributed by atoms with Crippen molar-refractivity contribution in [2.24, 2.45) is 5.73 Å². The van der Waals surface area contributed by atoms with E-state index in [9.17, 15) is 22.8 Å². The fourth-order valence-corrected chi connectivity index (χ4v) is 7.56. The van der Waals surface area contributed by atoms with Gasteiger partial charge in [-0.25, -0.2) is 17.9 Å². The number of esters is 1. The van der Waals surface area contributed by atoms with Crippen LogP contribution in [0, 0.1) is 6.92 Å². The van der Waals surface area contributed by atoms with Gasteiger partial charge in [0.15, 0.2) is 16.4 Å². The van der Waals surface area contributed by atoms with E-state index < -0.39 is 34.2 Å². The van der Waals surface area contributed by atoms with Crippen LogP contribution in [0.3, 0.4) is 0 Å². The number of carbonyl (C=O) groups excluding carboxylic acids is 3. The first-order chi connectivity index (χ1) is 16.1. The lowest BCUT2D eigenvalue weighted by Crippen LogP contribution is -2.22. The fourth-order valence-electron chi connectivity index (χ4n) is 4.18. The molecule has 1 aliphatic heterocycles. The molecule has 1 fully saturated rings. The summed E-state index contributed by atoms with van der Waals surface area (Å²) in [6.07, 6.45) is 5.49. The summed E-state index contributed by atoms with van der Waals surface area (Å²) in [7, 11) is -3.11. The van der Waals surface area contributed by atoms with Crippen LogP contribution in [0.2, 0.25) is 5.15 Å². The summed E-state index contributed by atoms with van der Waals surface area (Å²) in [6, 6.07) is -0.349. The van der Waals surface area contributed by atoms with Gasteiger partial charge in [-0.15, -0.1) is 11.3 Å². The maximum Gasteiger partial charge on any atom is 0.331 e. The van der Waals surface area contributed by atoms with Crippen LogP contribution < -0.4 is 11.1 Å². The zero-order valence-electron chi connectivity index (χ0n) is 18.3. The average molecular weight is 527 g/mol.